The first-order chi connectivity index (χ1) is 13.0. The Morgan fingerprint density at radius 3 is 3.00 bits per heavy atom. The summed E-state index contributed by atoms with van der Waals surface area (Å²) in [4.78, 5) is 32.3. The number of nitrogens with zero attached hydrogens (tertiary/aromatic N) is 3. The number of imidazole rings is 1. The molecule has 1 saturated heterocycles. The molecule has 3 aromatic heterocycles. The fraction of sp³-hybridized carbons (Fsp3) is 0.368. The quantitative estimate of drug-likeness (QED) is 0.711. The van der Waals surface area contributed by atoms with E-state index in [0.29, 0.717) is 30.1 Å². The molecule has 1 aliphatic rings. The lowest BCUT2D eigenvalue weighted by atomic mass is 9.98. The van der Waals surface area contributed by atoms with Gasteiger partial charge in [0.1, 0.15) is 17.8 Å². The minimum absolute atomic E-state index is 0.0389. The second-order valence-electron chi connectivity index (χ2n) is 6.91. The molecule has 0 spiro atoms. The summed E-state index contributed by atoms with van der Waals surface area (Å²) in [6.45, 7) is 4.27. The first kappa shape index (κ1) is 17.3. The predicted octanol–water partition coefficient (Wildman–Crippen LogP) is 1.58. The lowest BCUT2D eigenvalue weighted by Crippen LogP contribution is -2.34. The maximum Gasteiger partial charge on any atom is 0.252 e. The van der Waals surface area contributed by atoms with E-state index in [9.17, 15) is 9.59 Å². The number of aromatic nitrogens is 3. The molecule has 4 heterocycles. The number of hydrogen-bond donors (Lipinski definition) is 2. The van der Waals surface area contributed by atoms with Crippen molar-refractivity contribution in [3.05, 3.63) is 35.8 Å². The number of hydrogen-bond acceptors (Lipinski definition) is 5. The number of rotatable bonds is 5. The molecule has 3 aromatic rings. The van der Waals surface area contributed by atoms with Crippen LogP contribution in [0, 0.1) is 12.8 Å². The number of fused-ring (bicyclic) bond motifs is 3. The summed E-state index contributed by atoms with van der Waals surface area (Å²) in [7, 11) is 0. The lowest BCUT2D eigenvalue weighted by molar-refractivity contribution is -0.119. The largest absolute Gasteiger partial charge is 0.474 e. The van der Waals surface area contributed by atoms with E-state index in [1.807, 2.05) is 13.0 Å². The molecule has 0 bridgehead atoms. The van der Waals surface area contributed by atoms with Gasteiger partial charge in [-0.25, -0.2) is 9.97 Å². The molecular formula is C19H21N5O3. The van der Waals surface area contributed by atoms with E-state index in [1.165, 1.54) is 0 Å². The average molecular weight is 367 g/mol. The molecule has 8 nitrogen and oxygen atoms in total. The lowest BCUT2D eigenvalue weighted by Gasteiger charge is -2.19. The molecule has 4 rings (SSSR count). The van der Waals surface area contributed by atoms with Gasteiger partial charge in [0, 0.05) is 29.9 Å². The van der Waals surface area contributed by atoms with Gasteiger partial charge in [0.05, 0.1) is 11.6 Å². The zero-order valence-electron chi connectivity index (χ0n) is 15.2. The van der Waals surface area contributed by atoms with Crippen LogP contribution in [0.25, 0.3) is 16.6 Å². The molecule has 140 valence electrons. The van der Waals surface area contributed by atoms with Gasteiger partial charge in [-0.15, -0.1) is 0 Å². The van der Waals surface area contributed by atoms with Crippen molar-refractivity contribution >= 4 is 28.4 Å². The van der Waals surface area contributed by atoms with Gasteiger partial charge >= 0.3 is 0 Å². The molecule has 0 aromatic carbocycles. The van der Waals surface area contributed by atoms with Crippen LogP contribution in [0.3, 0.4) is 0 Å². The van der Waals surface area contributed by atoms with Crippen LogP contribution >= 0.6 is 0 Å². The highest BCUT2D eigenvalue weighted by Gasteiger charge is 2.31. The first-order valence-electron chi connectivity index (χ1n) is 8.97. The molecule has 2 unspecified atom stereocenters. The van der Waals surface area contributed by atoms with Gasteiger partial charge in [-0.1, -0.05) is 13.3 Å². The normalized spacial score (nSPS) is 19.6. The van der Waals surface area contributed by atoms with Gasteiger partial charge in [-0.05, 0) is 25.0 Å². The summed E-state index contributed by atoms with van der Waals surface area (Å²) in [5.41, 5.74) is 7.80. The van der Waals surface area contributed by atoms with Crippen LogP contribution in [0.5, 0.6) is 5.88 Å². The number of carbonyl (C=O) groups excluding carboxylic acids is 2. The monoisotopic (exact) mass is 367 g/mol. The zero-order chi connectivity index (χ0) is 19.1. The number of carbonyl (C=O) groups is 2. The van der Waals surface area contributed by atoms with Crippen LogP contribution in [0.15, 0.2) is 24.5 Å². The maximum absolute atomic E-state index is 11.8. The van der Waals surface area contributed by atoms with Crippen molar-refractivity contribution in [2.45, 2.75) is 32.7 Å². The molecule has 1 fully saturated rings. The minimum Gasteiger partial charge on any atom is -0.474 e. The summed E-state index contributed by atoms with van der Waals surface area (Å²) in [5.74, 6) is 0.216. The van der Waals surface area contributed by atoms with E-state index >= 15 is 0 Å². The fourth-order valence-corrected chi connectivity index (χ4v) is 3.74. The Hall–Kier alpha value is -3.16. The van der Waals surface area contributed by atoms with E-state index in [2.05, 4.69) is 22.2 Å². The Bertz CT molecular complexity index is 1060. The van der Waals surface area contributed by atoms with Gasteiger partial charge < -0.3 is 15.8 Å². The van der Waals surface area contributed by atoms with Gasteiger partial charge in [-0.3, -0.25) is 14.0 Å². The van der Waals surface area contributed by atoms with Crippen molar-refractivity contribution in [1.82, 2.24) is 19.7 Å². The van der Waals surface area contributed by atoms with Crippen molar-refractivity contribution < 1.29 is 14.3 Å². The Labute approximate surface area is 155 Å². The van der Waals surface area contributed by atoms with Crippen LogP contribution in [-0.4, -0.2) is 38.8 Å². The Balaban J connectivity index is 1.78. The fourth-order valence-electron chi connectivity index (χ4n) is 3.74. The van der Waals surface area contributed by atoms with Crippen LogP contribution < -0.4 is 15.8 Å². The molecule has 8 heteroatoms. The van der Waals surface area contributed by atoms with Crippen LogP contribution in [-0.2, 0) is 4.79 Å². The van der Waals surface area contributed by atoms with Gasteiger partial charge in [0.25, 0.3) is 5.91 Å². The number of nitrogens with one attached hydrogen (secondary N) is 1. The smallest absolute Gasteiger partial charge is 0.252 e. The van der Waals surface area contributed by atoms with E-state index in [-0.39, 0.29) is 17.9 Å². The van der Waals surface area contributed by atoms with E-state index in [0.717, 1.165) is 23.0 Å². The van der Waals surface area contributed by atoms with E-state index < -0.39 is 5.91 Å². The molecule has 3 N–H and O–H groups in total. The van der Waals surface area contributed by atoms with Crippen molar-refractivity contribution in [2.75, 3.05) is 6.61 Å². The van der Waals surface area contributed by atoms with Gasteiger partial charge in [0.15, 0.2) is 0 Å². The molecule has 27 heavy (non-hydrogen) atoms. The number of primary amides is 1. The summed E-state index contributed by atoms with van der Waals surface area (Å²) < 4.78 is 7.82. The van der Waals surface area contributed by atoms with Crippen LogP contribution in [0.2, 0.25) is 0 Å². The average Bonchev–Trinajstić information content (AvgIpc) is 3.24. The molecule has 0 aliphatic carbocycles. The topological polar surface area (TPSA) is 112 Å². The Morgan fingerprint density at radius 2 is 2.26 bits per heavy atom. The van der Waals surface area contributed by atoms with E-state index in [1.54, 1.807) is 22.9 Å². The number of amides is 2. The SMILES string of the molecule is CCC1CC(=O)NC1COc1nc(C)cc2cc(C(N)=O)c3nccn3c12. The molecular weight excluding hydrogens is 346 g/mol. The summed E-state index contributed by atoms with van der Waals surface area (Å²) in [5, 5.41) is 3.76. The third kappa shape index (κ3) is 2.97. The highest BCUT2D eigenvalue weighted by atomic mass is 16.5. The second-order valence-corrected chi connectivity index (χ2v) is 6.91. The zero-order valence-corrected chi connectivity index (χ0v) is 15.2. The minimum atomic E-state index is -0.538. The first-order valence-corrected chi connectivity index (χ1v) is 8.97. The second kappa shape index (κ2) is 6.53. The van der Waals surface area contributed by atoms with Crippen LogP contribution in [0.4, 0.5) is 0 Å². The highest BCUT2D eigenvalue weighted by Crippen LogP contribution is 2.29. The Morgan fingerprint density at radius 1 is 1.44 bits per heavy atom. The molecule has 1 aliphatic heterocycles. The summed E-state index contributed by atoms with van der Waals surface area (Å²) in [6, 6.07) is 3.55. The summed E-state index contributed by atoms with van der Waals surface area (Å²) in [6.07, 6.45) is 4.79. The van der Waals surface area contributed by atoms with Crippen molar-refractivity contribution in [1.29, 1.82) is 0 Å². The summed E-state index contributed by atoms with van der Waals surface area (Å²) >= 11 is 0. The van der Waals surface area contributed by atoms with Crippen molar-refractivity contribution in [3.8, 4) is 5.88 Å². The number of aryl methyl sites for hydroxylation is 1. The van der Waals surface area contributed by atoms with Gasteiger partial charge in [-0.2, -0.15) is 0 Å². The van der Waals surface area contributed by atoms with Gasteiger partial charge in [0.2, 0.25) is 11.8 Å². The Kier molecular flexibility index (Phi) is 4.18. The third-order valence-corrected chi connectivity index (χ3v) is 5.09. The molecule has 0 saturated carbocycles. The van der Waals surface area contributed by atoms with Crippen molar-refractivity contribution in [2.24, 2.45) is 11.7 Å². The van der Waals surface area contributed by atoms with E-state index in [4.69, 9.17) is 10.5 Å². The molecule has 2 atom stereocenters. The molecule has 2 amide bonds. The van der Waals surface area contributed by atoms with Crippen molar-refractivity contribution in [3.63, 3.8) is 0 Å². The number of nitrogens with two attached hydrogens (primary N) is 1. The standard InChI is InChI=1S/C19H21N5O3/c1-3-11-8-15(25)23-14(11)9-27-19-16-12(6-10(2)22-19)7-13(17(20)26)18-21-4-5-24(16)18/h4-7,11,14H,3,8-9H2,1-2H3,(H2,20,26)(H,23,25). The third-order valence-electron chi connectivity index (χ3n) is 5.09. The number of pyridine rings is 2. The predicted molar refractivity (Wildman–Crippen MR) is 99.6 cm³/mol. The number of ether oxygens (including phenoxy) is 1. The maximum atomic E-state index is 11.8. The molecule has 0 radical (unpaired) electrons. The van der Waals surface area contributed by atoms with Crippen LogP contribution in [0.1, 0.15) is 35.8 Å². The highest BCUT2D eigenvalue weighted by molar-refractivity contribution is 6.03.